The molecule has 170 valence electrons. The molecule has 0 atom stereocenters. The van der Waals surface area contributed by atoms with E-state index in [1.54, 1.807) is 16.3 Å². The number of aromatic nitrogens is 1. The van der Waals surface area contributed by atoms with Gasteiger partial charge in [0.15, 0.2) is 0 Å². The topological polar surface area (TPSA) is 66.0 Å². The maximum absolute atomic E-state index is 13.8. The standard InChI is InChI=1S/C30H22N2O2S/c1-35-24-13-15-26-27(17-24)32(30(34)28(29(26)33)22-10-6-3-7-11-22)19-20-12-14-25(23(16-20)18-31)21-8-4-2-5-9-21/h2-17,33H,19H2,1H3. The van der Waals surface area contributed by atoms with Gasteiger partial charge in [-0.3, -0.25) is 4.79 Å². The molecular formula is C30H22N2O2S. The summed E-state index contributed by atoms with van der Waals surface area (Å²) in [4.78, 5) is 14.8. The lowest BCUT2D eigenvalue weighted by molar-refractivity contribution is 0.481. The molecule has 5 aromatic rings. The minimum Gasteiger partial charge on any atom is -0.506 e. The highest BCUT2D eigenvalue weighted by atomic mass is 32.2. The highest BCUT2D eigenvalue weighted by Gasteiger charge is 2.19. The second-order valence-electron chi connectivity index (χ2n) is 8.22. The van der Waals surface area contributed by atoms with E-state index in [4.69, 9.17) is 0 Å². The van der Waals surface area contributed by atoms with Gasteiger partial charge < -0.3 is 9.67 Å². The fourth-order valence-electron chi connectivity index (χ4n) is 4.40. The number of hydrogen-bond donors (Lipinski definition) is 1. The number of hydrogen-bond acceptors (Lipinski definition) is 4. The van der Waals surface area contributed by atoms with Gasteiger partial charge in [0.05, 0.1) is 29.3 Å². The Morgan fingerprint density at radius 1 is 0.886 bits per heavy atom. The molecule has 0 aliphatic rings. The molecular weight excluding hydrogens is 452 g/mol. The molecule has 0 fully saturated rings. The van der Waals surface area contributed by atoms with E-state index < -0.39 is 0 Å². The largest absolute Gasteiger partial charge is 0.506 e. The van der Waals surface area contributed by atoms with Gasteiger partial charge >= 0.3 is 0 Å². The van der Waals surface area contributed by atoms with Gasteiger partial charge in [-0.05, 0) is 52.8 Å². The summed E-state index contributed by atoms with van der Waals surface area (Å²) in [7, 11) is 0. The van der Waals surface area contributed by atoms with Crippen LogP contribution >= 0.6 is 11.8 Å². The van der Waals surface area contributed by atoms with Crippen molar-refractivity contribution in [2.75, 3.05) is 6.26 Å². The van der Waals surface area contributed by atoms with Crippen LogP contribution in [-0.2, 0) is 6.54 Å². The van der Waals surface area contributed by atoms with Crippen LogP contribution in [-0.4, -0.2) is 15.9 Å². The molecule has 0 bridgehead atoms. The van der Waals surface area contributed by atoms with Crippen molar-refractivity contribution in [1.29, 1.82) is 5.26 Å². The number of aromatic hydroxyl groups is 1. The monoisotopic (exact) mass is 474 g/mol. The van der Waals surface area contributed by atoms with Gasteiger partial charge in [-0.1, -0.05) is 72.8 Å². The van der Waals surface area contributed by atoms with Crippen molar-refractivity contribution in [1.82, 2.24) is 4.57 Å². The maximum Gasteiger partial charge on any atom is 0.263 e. The number of fused-ring (bicyclic) bond motifs is 1. The fraction of sp³-hybridized carbons (Fsp3) is 0.0667. The number of nitriles is 1. The fourth-order valence-corrected chi connectivity index (χ4v) is 4.83. The SMILES string of the molecule is CSc1ccc2c(O)c(-c3ccccc3)c(=O)n(Cc3ccc(-c4ccccc4)c(C#N)c3)c2c1. The molecule has 0 saturated heterocycles. The molecule has 0 saturated carbocycles. The molecule has 0 unspecified atom stereocenters. The van der Waals surface area contributed by atoms with Crippen LogP contribution in [0.2, 0.25) is 0 Å². The van der Waals surface area contributed by atoms with Crippen LogP contribution in [0.1, 0.15) is 11.1 Å². The molecule has 0 aliphatic carbocycles. The van der Waals surface area contributed by atoms with E-state index in [1.807, 2.05) is 103 Å². The van der Waals surface area contributed by atoms with Gasteiger partial charge in [-0.2, -0.15) is 5.26 Å². The highest BCUT2D eigenvalue weighted by Crippen LogP contribution is 2.35. The smallest absolute Gasteiger partial charge is 0.263 e. The molecule has 0 spiro atoms. The van der Waals surface area contributed by atoms with E-state index >= 15 is 0 Å². The zero-order valence-corrected chi connectivity index (χ0v) is 19.9. The van der Waals surface area contributed by atoms with Gasteiger partial charge in [0.2, 0.25) is 0 Å². The first kappa shape index (κ1) is 22.5. The Morgan fingerprint density at radius 2 is 1.57 bits per heavy atom. The molecule has 1 aromatic heterocycles. The number of rotatable bonds is 5. The predicted octanol–water partition coefficient (Wildman–Crippen LogP) is 6.68. The second kappa shape index (κ2) is 9.54. The first-order chi connectivity index (χ1) is 17.1. The summed E-state index contributed by atoms with van der Waals surface area (Å²) in [6.45, 7) is 0.275. The van der Waals surface area contributed by atoms with E-state index in [9.17, 15) is 15.2 Å². The molecule has 5 heteroatoms. The average Bonchev–Trinajstić information content (AvgIpc) is 2.91. The number of pyridine rings is 1. The zero-order chi connectivity index (χ0) is 24.4. The van der Waals surface area contributed by atoms with Gasteiger partial charge in [0, 0.05) is 10.3 Å². The van der Waals surface area contributed by atoms with Crippen molar-refractivity contribution in [2.24, 2.45) is 0 Å². The zero-order valence-electron chi connectivity index (χ0n) is 19.1. The summed E-state index contributed by atoms with van der Waals surface area (Å²) < 4.78 is 1.69. The Morgan fingerprint density at radius 3 is 2.23 bits per heavy atom. The van der Waals surface area contributed by atoms with Crippen LogP contribution in [0.3, 0.4) is 0 Å². The summed E-state index contributed by atoms with van der Waals surface area (Å²) >= 11 is 1.58. The van der Waals surface area contributed by atoms with Crippen LogP contribution < -0.4 is 5.56 Å². The molecule has 4 nitrogen and oxygen atoms in total. The lowest BCUT2D eigenvalue weighted by Crippen LogP contribution is -2.23. The van der Waals surface area contributed by atoms with Crippen molar-refractivity contribution in [2.45, 2.75) is 11.4 Å². The van der Waals surface area contributed by atoms with Gasteiger partial charge in [0.25, 0.3) is 5.56 Å². The minimum absolute atomic E-state index is 0.0164. The molecule has 35 heavy (non-hydrogen) atoms. The Kier molecular flexibility index (Phi) is 6.13. The first-order valence-corrected chi connectivity index (χ1v) is 12.4. The minimum atomic E-state index is -0.273. The van der Waals surface area contributed by atoms with Crippen LogP contribution in [0.15, 0.2) is 107 Å². The first-order valence-electron chi connectivity index (χ1n) is 11.2. The van der Waals surface area contributed by atoms with Gasteiger partial charge in [-0.15, -0.1) is 11.8 Å². The van der Waals surface area contributed by atoms with E-state index in [0.717, 1.165) is 21.6 Å². The molecule has 0 amide bonds. The third-order valence-corrected chi connectivity index (χ3v) is 6.86. The molecule has 0 aliphatic heterocycles. The lowest BCUT2D eigenvalue weighted by Gasteiger charge is -2.17. The van der Waals surface area contributed by atoms with Crippen LogP contribution in [0.4, 0.5) is 0 Å². The van der Waals surface area contributed by atoms with E-state index in [-0.39, 0.29) is 23.4 Å². The van der Waals surface area contributed by atoms with E-state index in [1.165, 1.54) is 0 Å². The van der Waals surface area contributed by atoms with Crippen molar-refractivity contribution in [3.63, 3.8) is 0 Å². The summed E-state index contributed by atoms with van der Waals surface area (Å²) in [5.74, 6) is -0.0164. The summed E-state index contributed by atoms with van der Waals surface area (Å²) in [5.41, 5.74) is 4.54. The van der Waals surface area contributed by atoms with Crippen LogP contribution in [0.25, 0.3) is 33.2 Å². The van der Waals surface area contributed by atoms with E-state index in [2.05, 4.69) is 6.07 Å². The highest BCUT2D eigenvalue weighted by molar-refractivity contribution is 7.98. The Hall–Kier alpha value is -4.27. The number of benzene rings is 4. The molecule has 4 aromatic carbocycles. The quantitative estimate of drug-likeness (QED) is 0.289. The van der Waals surface area contributed by atoms with Crippen molar-refractivity contribution in [3.05, 3.63) is 119 Å². The summed E-state index contributed by atoms with van der Waals surface area (Å²) in [6, 6.07) is 32.8. The molecule has 0 radical (unpaired) electrons. The van der Waals surface area contributed by atoms with Crippen molar-refractivity contribution >= 4 is 22.7 Å². The molecule has 1 N–H and O–H groups in total. The van der Waals surface area contributed by atoms with Crippen molar-refractivity contribution in [3.8, 4) is 34.1 Å². The lowest BCUT2D eigenvalue weighted by atomic mass is 9.98. The van der Waals surface area contributed by atoms with Gasteiger partial charge in [0.1, 0.15) is 5.75 Å². The van der Waals surface area contributed by atoms with Crippen LogP contribution in [0.5, 0.6) is 5.75 Å². The average molecular weight is 475 g/mol. The van der Waals surface area contributed by atoms with Gasteiger partial charge in [-0.25, -0.2) is 0 Å². The number of nitrogens with zero attached hydrogens (tertiary/aromatic N) is 2. The number of thioether (sulfide) groups is 1. The predicted molar refractivity (Wildman–Crippen MR) is 143 cm³/mol. The maximum atomic E-state index is 13.8. The second-order valence-corrected chi connectivity index (χ2v) is 9.10. The Labute approximate surface area is 207 Å². The Balaban J connectivity index is 1.70. The Bertz CT molecular complexity index is 1640. The third kappa shape index (κ3) is 4.21. The summed E-state index contributed by atoms with van der Waals surface area (Å²) in [6.07, 6.45) is 1.98. The third-order valence-electron chi connectivity index (χ3n) is 6.14. The normalized spacial score (nSPS) is 10.9. The van der Waals surface area contributed by atoms with Crippen molar-refractivity contribution < 1.29 is 5.11 Å². The summed E-state index contributed by atoms with van der Waals surface area (Å²) in [5, 5.41) is 21.6. The molecule has 1 heterocycles. The van der Waals surface area contributed by atoms with Crippen LogP contribution in [0, 0.1) is 11.3 Å². The van der Waals surface area contributed by atoms with E-state index in [0.29, 0.717) is 22.0 Å². The molecule has 5 rings (SSSR count).